The lowest BCUT2D eigenvalue weighted by Gasteiger charge is -2.40. The van der Waals surface area contributed by atoms with Crippen LogP contribution in [0.4, 0.5) is 0 Å². The molecule has 3 heterocycles. The number of nitrogens with zero attached hydrogens (tertiary/aromatic N) is 5. The van der Waals surface area contributed by atoms with Crippen LogP contribution in [0.25, 0.3) is 0 Å². The fourth-order valence-corrected chi connectivity index (χ4v) is 7.63. The van der Waals surface area contributed by atoms with Crippen LogP contribution in [-0.4, -0.2) is 131 Å². The van der Waals surface area contributed by atoms with Gasteiger partial charge in [-0.25, -0.2) is 4.79 Å². The van der Waals surface area contributed by atoms with Gasteiger partial charge in [0.15, 0.2) is 6.29 Å². The summed E-state index contributed by atoms with van der Waals surface area (Å²) in [5.74, 6) is 0. The van der Waals surface area contributed by atoms with Crippen LogP contribution in [0.1, 0.15) is 161 Å². The van der Waals surface area contributed by atoms with Crippen LogP contribution in [0, 0.1) is 0 Å². The first-order valence-electron chi connectivity index (χ1n) is 21.3. The summed E-state index contributed by atoms with van der Waals surface area (Å²) in [5, 5.41) is 70.9. The molecule has 5 unspecified atom stereocenters. The molecule has 1 aromatic heterocycles. The van der Waals surface area contributed by atoms with Crippen molar-refractivity contribution in [3.63, 3.8) is 0 Å². The van der Waals surface area contributed by atoms with Crippen molar-refractivity contribution >= 4 is 0 Å². The summed E-state index contributed by atoms with van der Waals surface area (Å²) in [7, 11) is 0. The Morgan fingerprint density at radius 2 is 1.25 bits per heavy atom. The van der Waals surface area contributed by atoms with E-state index in [1.807, 2.05) is 0 Å². The number of aliphatic hydroxyl groups excluding tert-OH is 6. The van der Waals surface area contributed by atoms with Crippen molar-refractivity contribution in [1.82, 2.24) is 24.7 Å². The molecule has 2 fully saturated rings. The molecule has 2 saturated heterocycles. The highest BCUT2D eigenvalue weighted by atomic mass is 16.7. The van der Waals surface area contributed by atoms with Crippen LogP contribution < -0.4 is 5.69 Å². The van der Waals surface area contributed by atoms with Gasteiger partial charge < -0.3 is 45.0 Å². The van der Waals surface area contributed by atoms with Gasteiger partial charge in [0.25, 0.3) is 0 Å². The number of likely N-dealkylation sites (tertiary alicyclic amines) is 1. The standard InChI is InChI=1S/C39H75N5O9/c1-2-3-4-5-6-7-8-9-10-13-16-19-24-32(46)34(47)31(30-52-38-37(50)36(49)35(48)33(29-45)53-38)44-39(51)43(40-41-44)28-21-18-15-12-11-14-17-20-25-42-26-22-23-27-42/h31-38,45-50H,2-30H2,1H3/t31-,32+,33?,34-,35?,36?,37?,38?/m0/s1. The van der Waals surface area contributed by atoms with E-state index < -0.39 is 67.9 Å². The molecule has 8 atom stereocenters. The lowest BCUT2D eigenvalue weighted by Crippen LogP contribution is -2.59. The summed E-state index contributed by atoms with van der Waals surface area (Å²) in [6.07, 6.45) is 15.9. The van der Waals surface area contributed by atoms with Crippen molar-refractivity contribution in [3.8, 4) is 0 Å². The number of aryl methyl sites for hydroxylation is 1. The SMILES string of the molecule is CCCCCCCCCCCCCC[C@@H](O)[C@@H](O)[C@H](COC1OC(CO)C(O)C(O)C1O)n1nnn(CCCCCCCCCCN2CCCC2)c1=O. The molecule has 14 heteroatoms. The number of tetrazole rings is 1. The van der Waals surface area contributed by atoms with Gasteiger partial charge in [-0.1, -0.05) is 122 Å². The third-order valence-electron chi connectivity index (χ3n) is 11.2. The van der Waals surface area contributed by atoms with Crippen molar-refractivity contribution in [2.45, 2.75) is 210 Å². The second kappa shape index (κ2) is 27.2. The topological polar surface area (TPSA) is 196 Å². The number of ether oxygens (including phenoxy) is 2. The Balaban J connectivity index is 1.46. The summed E-state index contributed by atoms with van der Waals surface area (Å²) < 4.78 is 13.5. The maximum atomic E-state index is 13.4. The Morgan fingerprint density at radius 1 is 0.717 bits per heavy atom. The maximum Gasteiger partial charge on any atom is 0.364 e. The molecule has 0 bridgehead atoms. The fraction of sp³-hybridized carbons (Fsp3) is 0.974. The van der Waals surface area contributed by atoms with Crippen LogP contribution in [0.15, 0.2) is 4.79 Å². The smallest absolute Gasteiger partial charge is 0.364 e. The van der Waals surface area contributed by atoms with Gasteiger partial charge >= 0.3 is 5.69 Å². The van der Waals surface area contributed by atoms with Crippen molar-refractivity contribution < 1.29 is 40.1 Å². The van der Waals surface area contributed by atoms with Crippen molar-refractivity contribution in [2.75, 3.05) is 32.8 Å². The van der Waals surface area contributed by atoms with E-state index in [4.69, 9.17) is 9.47 Å². The molecule has 0 radical (unpaired) electrons. The molecule has 1 aromatic rings. The van der Waals surface area contributed by atoms with E-state index in [1.54, 1.807) is 0 Å². The number of unbranched alkanes of at least 4 members (excludes halogenated alkanes) is 18. The summed E-state index contributed by atoms with van der Waals surface area (Å²) >= 11 is 0. The second-order valence-corrected chi connectivity index (χ2v) is 15.6. The molecule has 53 heavy (non-hydrogen) atoms. The quantitative estimate of drug-likeness (QED) is 0.0601. The van der Waals surface area contributed by atoms with Crippen molar-refractivity contribution in [1.29, 1.82) is 0 Å². The molecule has 0 amide bonds. The Bertz CT molecular complexity index is 1100. The highest BCUT2D eigenvalue weighted by molar-refractivity contribution is 4.89. The van der Waals surface area contributed by atoms with Crippen LogP contribution in [0.2, 0.25) is 0 Å². The molecule has 0 spiro atoms. The average molecular weight is 758 g/mol. The first kappa shape index (κ1) is 45.9. The minimum absolute atomic E-state index is 0.316. The third-order valence-corrected chi connectivity index (χ3v) is 11.2. The largest absolute Gasteiger partial charge is 0.394 e. The van der Waals surface area contributed by atoms with Gasteiger partial charge in [-0.15, -0.1) is 0 Å². The third kappa shape index (κ3) is 16.6. The molecule has 310 valence electrons. The zero-order valence-electron chi connectivity index (χ0n) is 32.8. The molecule has 3 rings (SSSR count). The van der Waals surface area contributed by atoms with Crippen molar-refractivity contribution in [2.24, 2.45) is 0 Å². The van der Waals surface area contributed by atoms with Gasteiger partial charge in [0.2, 0.25) is 0 Å². The van der Waals surface area contributed by atoms with Gasteiger partial charge in [-0.3, -0.25) is 0 Å². The number of rotatable bonds is 31. The number of hydrogen-bond acceptors (Lipinski definition) is 12. The minimum Gasteiger partial charge on any atom is -0.394 e. The van der Waals surface area contributed by atoms with E-state index in [2.05, 4.69) is 22.3 Å². The molecule has 0 aliphatic carbocycles. The summed E-state index contributed by atoms with van der Waals surface area (Å²) in [6, 6.07) is -1.18. The molecular weight excluding hydrogens is 682 g/mol. The summed E-state index contributed by atoms with van der Waals surface area (Å²) in [5.41, 5.74) is -0.554. The van der Waals surface area contributed by atoms with E-state index in [-0.39, 0.29) is 0 Å². The van der Waals surface area contributed by atoms with Crippen LogP contribution in [0.5, 0.6) is 0 Å². The Hall–Kier alpha value is -1.49. The molecule has 14 nitrogen and oxygen atoms in total. The van der Waals surface area contributed by atoms with E-state index in [0.29, 0.717) is 19.4 Å². The molecule has 2 aliphatic rings. The fourth-order valence-electron chi connectivity index (χ4n) is 7.63. The highest BCUT2D eigenvalue weighted by Gasteiger charge is 2.45. The van der Waals surface area contributed by atoms with E-state index in [9.17, 15) is 35.4 Å². The first-order chi connectivity index (χ1) is 25.8. The van der Waals surface area contributed by atoms with Crippen LogP contribution >= 0.6 is 0 Å². The predicted octanol–water partition coefficient (Wildman–Crippen LogP) is 3.83. The van der Waals surface area contributed by atoms with Gasteiger partial charge in [0, 0.05) is 6.54 Å². The Morgan fingerprint density at radius 3 is 1.81 bits per heavy atom. The summed E-state index contributed by atoms with van der Waals surface area (Å²) in [6.45, 7) is 5.30. The Kier molecular flexibility index (Phi) is 23.5. The number of aromatic nitrogens is 4. The summed E-state index contributed by atoms with van der Waals surface area (Å²) in [4.78, 5) is 16.0. The zero-order valence-corrected chi connectivity index (χ0v) is 32.8. The lowest BCUT2D eigenvalue weighted by atomic mass is 9.98. The normalized spacial score (nSPS) is 24.2. The average Bonchev–Trinajstić information content (AvgIpc) is 3.82. The lowest BCUT2D eigenvalue weighted by molar-refractivity contribution is -0.304. The van der Waals surface area contributed by atoms with Gasteiger partial charge in [-0.2, -0.15) is 9.36 Å². The molecule has 0 aromatic carbocycles. The second-order valence-electron chi connectivity index (χ2n) is 15.6. The number of hydrogen-bond donors (Lipinski definition) is 6. The van der Waals surface area contributed by atoms with Crippen molar-refractivity contribution in [3.05, 3.63) is 10.5 Å². The van der Waals surface area contributed by atoms with Crippen LogP contribution in [-0.2, 0) is 16.0 Å². The first-order valence-corrected chi connectivity index (χ1v) is 21.3. The van der Waals surface area contributed by atoms with Gasteiger partial charge in [-0.05, 0) is 62.2 Å². The van der Waals surface area contributed by atoms with E-state index >= 15 is 0 Å². The maximum absolute atomic E-state index is 13.4. The molecule has 6 N–H and O–H groups in total. The molecule has 0 saturated carbocycles. The van der Waals surface area contributed by atoms with E-state index in [0.717, 1.165) is 49.6 Å². The van der Waals surface area contributed by atoms with Crippen LogP contribution in [0.3, 0.4) is 0 Å². The molecule has 2 aliphatic heterocycles. The van der Waals surface area contributed by atoms with E-state index in [1.165, 1.54) is 114 Å². The highest BCUT2D eigenvalue weighted by Crippen LogP contribution is 2.25. The monoisotopic (exact) mass is 758 g/mol. The van der Waals surface area contributed by atoms with Gasteiger partial charge in [0.1, 0.15) is 36.6 Å². The predicted molar refractivity (Wildman–Crippen MR) is 203 cm³/mol. The Labute approximate surface area is 317 Å². The molecular formula is C39H75N5O9. The zero-order chi connectivity index (χ0) is 38.3. The van der Waals surface area contributed by atoms with Gasteiger partial charge in [0.05, 0.1) is 19.3 Å². The number of aliphatic hydroxyl groups is 6. The minimum atomic E-state index is -1.65.